The van der Waals surface area contributed by atoms with Crippen LogP contribution in [-0.4, -0.2) is 4.98 Å². The van der Waals surface area contributed by atoms with Gasteiger partial charge in [-0.1, -0.05) is 18.2 Å². The molecule has 0 atom stereocenters. The lowest BCUT2D eigenvalue weighted by molar-refractivity contribution is 0.616. The Labute approximate surface area is 97.5 Å². The molecule has 0 saturated carbocycles. The maximum atomic E-state index is 5.41. The predicted octanol–water partition coefficient (Wildman–Crippen LogP) is 4.13. The van der Waals surface area contributed by atoms with Gasteiger partial charge in [0.15, 0.2) is 0 Å². The number of nitrogens with zero attached hydrogens (tertiary/aromatic N) is 1. The van der Waals surface area contributed by atoms with E-state index in [0.717, 1.165) is 21.9 Å². The van der Waals surface area contributed by atoms with Crippen LogP contribution in [0, 0.1) is 0 Å². The Hall–Kier alpha value is -2.35. The minimum Gasteiger partial charge on any atom is -0.464 e. The predicted molar refractivity (Wildman–Crippen MR) is 69.0 cm³/mol. The summed E-state index contributed by atoms with van der Waals surface area (Å²) < 4.78 is 5.41. The summed E-state index contributed by atoms with van der Waals surface area (Å²) in [6, 6.07) is 14.3. The summed E-state index contributed by atoms with van der Waals surface area (Å²) >= 11 is 0. The van der Waals surface area contributed by atoms with Crippen molar-refractivity contribution >= 4 is 32.6 Å². The van der Waals surface area contributed by atoms with Crippen LogP contribution in [0.15, 0.2) is 59.3 Å². The molecule has 0 bridgehead atoms. The van der Waals surface area contributed by atoms with Crippen LogP contribution in [0.3, 0.4) is 0 Å². The molecule has 2 heteroatoms. The third kappa shape index (κ3) is 1.12. The quantitative estimate of drug-likeness (QED) is 0.415. The summed E-state index contributed by atoms with van der Waals surface area (Å²) in [6.07, 6.45) is 3.65. The van der Waals surface area contributed by atoms with Crippen LogP contribution < -0.4 is 0 Å². The van der Waals surface area contributed by atoms with E-state index in [1.165, 1.54) is 10.8 Å². The Kier molecular flexibility index (Phi) is 1.59. The van der Waals surface area contributed by atoms with Gasteiger partial charge in [0.2, 0.25) is 0 Å². The molecule has 2 heterocycles. The number of para-hydroxylation sites is 1. The molecule has 0 aliphatic rings. The Morgan fingerprint density at radius 3 is 2.71 bits per heavy atom. The molecule has 0 unspecified atom stereocenters. The fourth-order valence-electron chi connectivity index (χ4n) is 2.39. The molecule has 2 nitrogen and oxygen atoms in total. The van der Waals surface area contributed by atoms with E-state index in [2.05, 4.69) is 17.1 Å². The van der Waals surface area contributed by atoms with E-state index in [1.807, 2.05) is 36.5 Å². The Balaban J connectivity index is 2.34. The Morgan fingerprint density at radius 2 is 1.71 bits per heavy atom. The van der Waals surface area contributed by atoms with Crippen LogP contribution >= 0.6 is 0 Å². The maximum Gasteiger partial charge on any atom is 0.134 e. The zero-order valence-electron chi connectivity index (χ0n) is 9.05. The van der Waals surface area contributed by atoms with E-state index in [4.69, 9.17) is 4.42 Å². The SMILES string of the molecule is c1ccc2c(c1)ncc1c3ccoc3ccc21. The lowest BCUT2D eigenvalue weighted by Gasteiger charge is -2.03. The first-order valence-electron chi connectivity index (χ1n) is 5.57. The second-order valence-electron chi connectivity index (χ2n) is 4.13. The third-order valence-electron chi connectivity index (χ3n) is 3.20. The Morgan fingerprint density at radius 1 is 0.765 bits per heavy atom. The van der Waals surface area contributed by atoms with Gasteiger partial charge >= 0.3 is 0 Å². The van der Waals surface area contributed by atoms with Crippen molar-refractivity contribution in [3.8, 4) is 0 Å². The van der Waals surface area contributed by atoms with E-state index >= 15 is 0 Å². The van der Waals surface area contributed by atoms with Crippen molar-refractivity contribution in [2.45, 2.75) is 0 Å². The minimum atomic E-state index is 0.912. The van der Waals surface area contributed by atoms with Gasteiger partial charge in [0.1, 0.15) is 5.58 Å². The number of hydrogen-bond acceptors (Lipinski definition) is 2. The summed E-state index contributed by atoms with van der Waals surface area (Å²) in [5.41, 5.74) is 1.94. The van der Waals surface area contributed by atoms with Crippen molar-refractivity contribution in [3.63, 3.8) is 0 Å². The second-order valence-corrected chi connectivity index (χ2v) is 4.13. The lowest BCUT2D eigenvalue weighted by Crippen LogP contribution is -1.81. The van der Waals surface area contributed by atoms with Gasteiger partial charge in [0, 0.05) is 22.4 Å². The molecule has 0 fully saturated rings. The highest BCUT2D eigenvalue weighted by molar-refractivity contribution is 6.14. The van der Waals surface area contributed by atoms with E-state index in [1.54, 1.807) is 6.26 Å². The van der Waals surface area contributed by atoms with Gasteiger partial charge in [0.25, 0.3) is 0 Å². The van der Waals surface area contributed by atoms with Crippen molar-refractivity contribution in [2.24, 2.45) is 0 Å². The normalized spacial score (nSPS) is 11.5. The molecule has 0 amide bonds. The molecular weight excluding hydrogens is 210 g/mol. The molecule has 2 aromatic heterocycles. The molecule has 0 radical (unpaired) electrons. The lowest BCUT2D eigenvalue weighted by atomic mass is 10.0. The average molecular weight is 219 g/mol. The fourth-order valence-corrected chi connectivity index (χ4v) is 2.39. The van der Waals surface area contributed by atoms with E-state index in [9.17, 15) is 0 Å². The van der Waals surface area contributed by atoms with Crippen LogP contribution in [0.1, 0.15) is 0 Å². The van der Waals surface area contributed by atoms with E-state index in [0.29, 0.717) is 0 Å². The molecule has 4 aromatic rings. The van der Waals surface area contributed by atoms with Crippen molar-refractivity contribution in [1.29, 1.82) is 0 Å². The molecule has 4 rings (SSSR count). The van der Waals surface area contributed by atoms with Crippen LogP contribution in [0.4, 0.5) is 0 Å². The first-order valence-corrected chi connectivity index (χ1v) is 5.57. The van der Waals surface area contributed by atoms with Gasteiger partial charge in [-0.25, -0.2) is 0 Å². The van der Waals surface area contributed by atoms with Gasteiger partial charge in [-0.3, -0.25) is 4.98 Å². The highest BCUT2D eigenvalue weighted by Crippen LogP contribution is 2.30. The number of pyridine rings is 1. The molecule has 0 saturated heterocycles. The van der Waals surface area contributed by atoms with Crippen LogP contribution in [0.2, 0.25) is 0 Å². The minimum absolute atomic E-state index is 0.912. The maximum absolute atomic E-state index is 5.41. The number of rotatable bonds is 0. The van der Waals surface area contributed by atoms with Gasteiger partial charge < -0.3 is 4.42 Å². The third-order valence-corrected chi connectivity index (χ3v) is 3.20. The van der Waals surface area contributed by atoms with Crippen molar-refractivity contribution < 1.29 is 4.42 Å². The number of benzene rings is 2. The first-order chi connectivity index (χ1) is 8.43. The second kappa shape index (κ2) is 3.08. The Bertz CT molecular complexity index is 845. The smallest absolute Gasteiger partial charge is 0.134 e. The van der Waals surface area contributed by atoms with Gasteiger partial charge in [-0.2, -0.15) is 0 Å². The summed E-state index contributed by atoms with van der Waals surface area (Å²) in [6.45, 7) is 0. The molecule has 2 aromatic carbocycles. The number of hydrogen-bond donors (Lipinski definition) is 0. The van der Waals surface area contributed by atoms with E-state index in [-0.39, 0.29) is 0 Å². The van der Waals surface area contributed by atoms with Crippen molar-refractivity contribution in [2.75, 3.05) is 0 Å². The molecule has 80 valence electrons. The number of fused-ring (bicyclic) bond motifs is 5. The molecule has 0 aliphatic carbocycles. The van der Waals surface area contributed by atoms with Crippen molar-refractivity contribution in [3.05, 3.63) is 54.9 Å². The average Bonchev–Trinajstić information content (AvgIpc) is 2.86. The number of aromatic nitrogens is 1. The summed E-state index contributed by atoms with van der Waals surface area (Å²) in [5.74, 6) is 0. The molecule has 17 heavy (non-hydrogen) atoms. The molecule has 0 N–H and O–H groups in total. The monoisotopic (exact) mass is 219 g/mol. The van der Waals surface area contributed by atoms with Gasteiger partial charge in [-0.15, -0.1) is 0 Å². The molecule has 0 aliphatic heterocycles. The fraction of sp³-hybridized carbons (Fsp3) is 0. The van der Waals surface area contributed by atoms with E-state index < -0.39 is 0 Å². The van der Waals surface area contributed by atoms with Crippen LogP contribution in [-0.2, 0) is 0 Å². The zero-order valence-corrected chi connectivity index (χ0v) is 9.05. The largest absolute Gasteiger partial charge is 0.464 e. The highest BCUT2D eigenvalue weighted by atomic mass is 16.3. The van der Waals surface area contributed by atoms with Gasteiger partial charge in [-0.05, 0) is 29.7 Å². The topological polar surface area (TPSA) is 26.0 Å². The summed E-state index contributed by atoms with van der Waals surface area (Å²) in [7, 11) is 0. The summed E-state index contributed by atoms with van der Waals surface area (Å²) in [4.78, 5) is 4.50. The molecular formula is C15H9NO. The zero-order chi connectivity index (χ0) is 11.2. The number of furan rings is 1. The van der Waals surface area contributed by atoms with Crippen LogP contribution in [0.5, 0.6) is 0 Å². The van der Waals surface area contributed by atoms with Crippen LogP contribution in [0.25, 0.3) is 32.6 Å². The highest BCUT2D eigenvalue weighted by Gasteiger charge is 2.06. The standard InChI is InChI=1S/C15H9NO/c1-2-4-14-11(3-1)10-5-6-15-12(7-8-17-15)13(10)9-16-14/h1-9H. The first kappa shape index (κ1) is 8.76. The summed E-state index contributed by atoms with van der Waals surface area (Å²) in [5, 5.41) is 4.69. The van der Waals surface area contributed by atoms with Crippen molar-refractivity contribution in [1.82, 2.24) is 4.98 Å². The van der Waals surface area contributed by atoms with Gasteiger partial charge in [0.05, 0.1) is 11.8 Å². The molecule has 0 spiro atoms.